The quantitative estimate of drug-likeness (QED) is 0.570. The summed E-state index contributed by atoms with van der Waals surface area (Å²) in [7, 11) is 0. The zero-order chi connectivity index (χ0) is 11.6. The Morgan fingerprint density at radius 3 is 2.40 bits per heavy atom. The van der Waals surface area contributed by atoms with Gasteiger partial charge in [0.25, 0.3) is 6.43 Å². The van der Waals surface area contributed by atoms with Gasteiger partial charge in [0.05, 0.1) is 0 Å². The van der Waals surface area contributed by atoms with Crippen LogP contribution >= 0.6 is 0 Å². The Morgan fingerprint density at radius 1 is 1.40 bits per heavy atom. The molecule has 0 heterocycles. The molecule has 0 saturated carbocycles. The van der Waals surface area contributed by atoms with E-state index in [1.807, 2.05) is 0 Å². The Bertz CT molecular complexity index is 411. The monoisotopic (exact) mass is 212 g/mol. The number of aldehydes is 1. The molecule has 0 aliphatic carbocycles. The highest BCUT2D eigenvalue weighted by Gasteiger charge is 2.16. The van der Waals surface area contributed by atoms with Crippen molar-refractivity contribution < 1.29 is 18.4 Å². The van der Waals surface area contributed by atoms with E-state index in [0.717, 1.165) is 6.07 Å². The number of hydrogen-bond acceptors (Lipinski definition) is 2. The molecule has 0 aliphatic heterocycles. The molecule has 0 aromatic heterocycles. The molecule has 0 aliphatic rings. The Kier molecular flexibility index (Phi) is 3.29. The summed E-state index contributed by atoms with van der Waals surface area (Å²) < 4.78 is 25.1. The van der Waals surface area contributed by atoms with Crippen LogP contribution in [-0.4, -0.2) is 12.1 Å². The molecule has 4 heteroatoms. The standard InChI is InChI=1S/C11H10F2O2/c1-6-9(5-14)3-8(7(2)15)4-10(6)11(12)13/h3-5,11H,1-2H3. The molecule has 0 bridgehead atoms. The van der Waals surface area contributed by atoms with Gasteiger partial charge >= 0.3 is 0 Å². The maximum atomic E-state index is 12.6. The minimum Gasteiger partial charge on any atom is -0.298 e. The van der Waals surface area contributed by atoms with Gasteiger partial charge in [-0.2, -0.15) is 0 Å². The molecule has 0 N–H and O–H groups in total. The van der Waals surface area contributed by atoms with Gasteiger partial charge in [-0.25, -0.2) is 8.78 Å². The number of halogens is 2. The predicted octanol–water partition coefficient (Wildman–Crippen LogP) is 2.95. The minimum atomic E-state index is -2.68. The van der Waals surface area contributed by atoms with Gasteiger partial charge in [0.2, 0.25) is 0 Å². The lowest BCUT2D eigenvalue weighted by Gasteiger charge is -2.09. The Hall–Kier alpha value is -1.58. The summed E-state index contributed by atoms with van der Waals surface area (Å²) in [6, 6.07) is 2.46. The van der Waals surface area contributed by atoms with Crippen LogP contribution < -0.4 is 0 Å². The number of ketones is 1. The zero-order valence-corrected chi connectivity index (χ0v) is 8.38. The third kappa shape index (κ3) is 2.26. The third-order valence-corrected chi connectivity index (χ3v) is 2.26. The van der Waals surface area contributed by atoms with Crippen LogP contribution in [0.5, 0.6) is 0 Å². The largest absolute Gasteiger partial charge is 0.298 e. The highest BCUT2D eigenvalue weighted by molar-refractivity contribution is 5.96. The van der Waals surface area contributed by atoms with E-state index < -0.39 is 6.43 Å². The normalized spacial score (nSPS) is 10.5. The van der Waals surface area contributed by atoms with E-state index in [2.05, 4.69) is 0 Å². The second-order valence-electron chi connectivity index (χ2n) is 3.25. The summed E-state index contributed by atoms with van der Waals surface area (Å²) in [5.74, 6) is -0.333. The van der Waals surface area contributed by atoms with Gasteiger partial charge in [-0.1, -0.05) is 0 Å². The van der Waals surface area contributed by atoms with Crippen molar-refractivity contribution in [1.82, 2.24) is 0 Å². The van der Waals surface area contributed by atoms with Crippen molar-refractivity contribution in [3.05, 3.63) is 34.4 Å². The molecule has 2 nitrogen and oxygen atoms in total. The molecule has 0 atom stereocenters. The van der Waals surface area contributed by atoms with Crippen LogP contribution in [0.2, 0.25) is 0 Å². The lowest BCUT2D eigenvalue weighted by atomic mass is 9.98. The first-order valence-electron chi connectivity index (χ1n) is 4.36. The molecule has 1 aromatic rings. The van der Waals surface area contributed by atoms with E-state index in [-0.39, 0.29) is 28.0 Å². The van der Waals surface area contributed by atoms with Crippen molar-refractivity contribution in [3.63, 3.8) is 0 Å². The number of benzene rings is 1. The van der Waals surface area contributed by atoms with Crippen LogP contribution in [0.1, 0.15) is 45.2 Å². The van der Waals surface area contributed by atoms with Gasteiger partial charge in [0.15, 0.2) is 5.78 Å². The molecular weight excluding hydrogens is 202 g/mol. The van der Waals surface area contributed by atoms with E-state index in [1.165, 1.54) is 19.9 Å². The SMILES string of the molecule is CC(=O)c1cc(C=O)c(C)c(C(F)F)c1. The minimum absolute atomic E-state index is 0.137. The molecule has 0 amide bonds. The lowest BCUT2D eigenvalue weighted by molar-refractivity contribution is 0.101. The molecule has 0 fully saturated rings. The van der Waals surface area contributed by atoms with Gasteiger partial charge in [0, 0.05) is 16.7 Å². The fraction of sp³-hybridized carbons (Fsp3) is 0.273. The average molecular weight is 212 g/mol. The van der Waals surface area contributed by atoms with Crippen LogP contribution in [0.15, 0.2) is 12.1 Å². The summed E-state index contributed by atoms with van der Waals surface area (Å²) in [6.45, 7) is 2.71. The van der Waals surface area contributed by atoms with Crippen LogP contribution in [0.25, 0.3) is 0 Å². The first-order chi connectivity index (χ1) is 6.97. The molecule has 0 saturated heterocycles. The summed E-state index contributed by atoms with van der Waals surface area (Å²) in [4.78, 5) is 21.7. The zero-order valence-electron chi connectivity index (χ0n) is 8.38. The Morgan fingerprint density at radius 2 is 2.00 bits per heavy atom. The average Bonchev–Trinajstić information content (AvgIpc) is 2.17. The fourth-order valence-corrected chi connectivity index (χ4v) is 1.31. The highest BCUT2D eigenvalue weighted by Crippen LogP contribution is 2.26. The predicted molar refractivity (Wildman–Crippen MR) is 51.5 cm³/mol. The lowest BCUT2D eigenvalue weighted by Crippen LogP contribution is -2.01. The maximum Gasteiger partial charge on any atom is 0.264 e. The van der Waals surface area contributed by atoms with E-state index in [0.29, 0.717) is 6.29 Å². The number of rotatable bonds is 3. The van der Waals surface area contributed by atoms with Gasteiger partial charge < -0.3 is 0 Å². The van der Waals surface area contributed by atoms with Crippen molar-refractivity contribution in [2.24, 2.45) is 0 Å². The van der Waals surface area contributed by atoms with Crippen molar-refractivity contribution in [3.8, 4) is 0 Å². The molecule has 0 radical (unpaired) electrons. The van der Waals surface area contributed by atoms with Gasteiger partial charge in [-0.3, -0.25) is 9.59 Å². The van der Waals surface area contributed by atoms with Crippen molar-refractivity contribution in [2.45, 2.75) is 20.3 Å². The van der Waals surface area contributed by atoms with Gasteiger partial charge in [0.1, 0.15) is 6.29 Å². The third-order valence-electron chi connectivity index (χ3n) is 2.26. The second-order valence-corrected chi connectivity index (χ2v) is 3.25. The fourth-order valence-electron chi connectivity index (χ4n) is 1.31. The van der Waals surface area contributed by atoms with Crippen LogP contribution in [-0.2, 0) is 0 Å². The van der Waals surface area contributed by atoms with Crippen molar-refractivity contribution in [1.29, 1.82) is 0 Å². The van der Waals surface area contributed by atoms with Crippen LogP contribution in [0.3, 0.4) is 0 Å². The molecule has 1 aromatic carbocycles. The first kappa shape index (κ1) is 11.5. The summed E-state index contributed by atoms with van der Waals surface area (Å²) in [5.41, 5.74) is 0.241. The summed E-state index contributed by atoms with van der Waals surface area (Å²) in [6.07, 6.45) is -2.20. The number of carbonyl (C=O) groups is 2. The molecule has 80 valence electrons. The second kappa shape index (κ2) is 4.29. The number of alkyl halides is 2. The van der Waals surface area contributed by atoms with Crippen LogP contribution in [0.4, 0.5) is 8.78 Å². The van der Waals surface area contributed by atoms with Gasteiger partial charge in [-0.15, -0.1) is 0 Å². The van der Waals surface area contributed by atoms with Crippen LogP contribution in [0, 0.1) is 6.92 Å². The highest BCUT2D eigenvalue weighted by atomic mass is 19.3. The van der Waals surface area contributed by atoms with E-state index in [9.17, 15) is 18.4 Å². The smallest absolute Gasteiger partial charge is 0.264 e. The van der Waals surface area contributed by atoms with Gasteiger partial charge in [-0.05, 0) is 31.5 Å². The maximum absolute atomic E-state index is 12.6. The molecule has 1 rings (SSSR count). The van der Waals surface area contributed by atoms with E-state index in [4.69, 9.17) is 0 Å². The Balaban J connectivity index is 3.45. The summed E-state index contributed by atoms with van der Waals surface area (Å²) >= 11 is 0. The molecular formula is C11H10F2O2. The molecule has 0 unspecified atom stereocenters. The number of hydrogen-bond donors (Lipinski definition) is 0. The topological polar surface area (TPSA) is 34.1 Å². The van der Waals surface area contributed by atoms with Crippen molar-refractivity contribution in [2.75, 3.05) is 0 Å². The Labute approximate surface area is 85.9 Å². The van der Waals surface area contributed by atoms with E-state index in [1.54, 1.807) is 0 Å². The summed E-state index contributed by atoms with van der Waals surface area (Å²) in [5, 5.41) is 0. The molecule has 15 heavy (non-hydrogen) atoms. The molecule has 0 spiro atoms. The number of carbonyl (C=O) groups excluding carboxylic acids is 2. The first-order valence-corrected chi connectivity index (χ1v) is 4.36. The number of Topliss-reactive ketones (excluding diaryl/α,β-unsaturated/α-hetero) is 1. The van der Waals surface area contributed by atoms with E-state index >= 15 is 0 Å². The van der Waals surface area contributed by atoms with Crippen molar-refractivity contribution >= 4 is 12.1 Å².